The normalized spacial score (nSPS) is 12.8. The van der Waals surface area contributed by atoms with Crippen LogP contribution in [-0.4, -0.2) is 26.1 Å². The molecule has 0 fully saturated rings. The zero-order chi connectivity index (χ0) is 11.9. The van der Waals surface area contributed by atoms with E-state index in [9.17, 15) is 0 Å². The lowest BCUT2D eigenvalue weighted by atomic mass is 10.5. The maximum atomic E-state index is 6.10. The second-order valence-electron chi connectivity index (χ2n) is 4.39. The first kappa shape index (κ1) is 15.6. The van der Waals surface area contributed by atoms with Gasteiger partial charge in [0.05, 0.1) is 0 Å². The first-order valence-corrected chi connectivity index (χ1v) is 9.22. The molecular formula is C11H25BrO2Si. The summed E-state index contributed by atoms with van der Waals surface area (Å²) in [4.78, 5) is 0. The third kappa shape index (κ3) is 6.71. The van der Waals surface area contributed by atoms with Gasteiger partial charge in [-0.25, -0.2) is 0 Å². The fourth-order valence-electron chi connectivity index (χ4n) is 1.68. The summed E-state index contributed by atoms with van der Waals surface area (Å²) in [5, 5.41) is 1.03. The lowest BCUT2D eigenvalue weighted by molar-refractivity contribution is 0.105. The molecule has 0 rings (SSSR count). The van der Waals surface area contributed by atoms with Gasteiger partial charge in [0.15, 0.2) is 0 Å². The Bertz CT molecular complexity index is 153. The van der Waals surface area contributed by atoms with E-state index >= 15 is 0 Å². The first-order chi connectivity index (χ1) is 6.95. The molecule has 15 heavy (non-hydrogen) atoms. The van der Waals surface area contributed by atoms with Gasteiger partial charge in [-0.15, -0.1) is 0 Å². The Kier molecular flexibility index (Phi) is 8.14. The molecule has 0 N–H and O–H groups in total. The van der Waals surface area contributed by atoms with Crippen LogP contribution in [0, 0.1) is 0 Å². The van der Waals surface area contributed by atoms with Crippen LogP contribution in [0.25, 0.3) is 0 Å². The van der Waals surface area contributed by atoms with Crippen molar-refractivity contribution in [3.8, 4) is 0 Å². The van der Waals surface area contributed by atoms with Crippen LogP contribution in [0.4, 0.5) is 0 Å². The van der Waals surface area contributed by atoms with Crippen molar-refractivity contribution in [2.45, 2.75) is 65.3 Å². The molecule has 0 saturated carbocycles. The van der Waals surface area contributed by atoms with Gasteiger partial charge < -0.3 is 8.85 Å². The number of alkyl halides is 1. The molecule has 0 aliphatic rings. The van der Waals surface area contributed by atoms with E-state index in [4.69, 9.17) is 8.85 Å². The average molecular weight is 297 g/mol. The third-order valence-corrected chi connectivity index (χ3v) is 6.69. The highest BCUT2D eigenvalue weighted by Gasteiger charge is 2.36. The van der Waals surface area contributed by atoms with Gasteiger partial charge in [0, 0.05) is 17.5 Å². The molecule has 0 aromatic rings. The predicted molar refractivity (Wildman–Crippen MR) is 71.9 cm³/mol. The van der Waals surface area contributed by atoms with Gasteiger partial charge >= 0.3 is 8.56 Å². The van der Waals surface area contributed by atoms with E-state index < -0.39 is 8.56 Å². The SMILES string of the molecule is CC[Si](CCCBr)(OC(C)C)OC(C)C. The van der Waals surface area contributed by atoms with E-state index in [-0.39, 0.29) is 12.2 Å². The second kappa shape index (κ2) is 7.82. The van der Waals surface area contributed by atoms with E-state index in [0.717, 1.165) is 23.8 Å². The van der Waals surface area contributed by atoms with E-state index in [1.165, 1.54) is 0 Å². The summed E-state index contributed by atoms with van der Waals surface area (Å²) < 4.78 is 12.2. The van der Waals surface area contributed by atoms with Crippen molar-refractivity contribution >= 4 is 24.5 Å². The van der Waals surface area contributed by atoms with E-state index in [1.807, 2.05) is 0 Å². The van der Waals surface area contributed by atoms with Gasteiger partial charge in [0.2, 0.25) is 0 Å². The molecule has 0 unspecified atom stereocenters. The Hall–Kier alpha value is 0.617. The van der Waals surface area contributed by atoms with Crippen molar-refractivity contribution in [3.63, 3.8) is 0 Å². The topological polar surface area (TPSA) is 18.5 Å². The lowest BCUT2D eigenvalue weighted by Crippen LogP contribution is -2.45. The molecule has 0 aromatic carbocycles. The van der Waals surface area contributed by atoms with E-state index in [1.54, 1.807) is 0 Å². The number of hydrogen-bond acceptors (Lipinski definition) is 2. The molecule has 0 radical (unpaired) electrons. The smallest absolute Gasteiger partial charge is 0.338 e. The molecule has 92 valence electrons. The number of halogens is 1. The second-order valence-corrected chi connectivity index (χ2v) is 8.68. The van der Waals surface area contributed by atoms with Crippen LogP contribution in [0.15, 0.2) is 0 Å². The summed E-state index contributed by atoms with van der Waals surface area (Å²) in [6, 6.07) is 2.13. The fourth-order valence-corrected chi connectivity index (χ4v) is 5.89. The monoisotopic (exact) mass is 296 g/mol. The van der Waals surface area contributed by atoms with Gasteiger partial charge in [0.1, 0.15) is 0 Å². The zero-order valence-corrected chi connectivity index (χ0v) is 13.3. The summed E-state index contributed by atoms with van der Waals surface area (Å²) >= 11 is 3.47. The molecule has 4 heteroatoms. The standard InChI is InChI=1S/C11H25BrO2Si/c1-6-15(9-7-8-12,13-10(2)3)14-11(4)5/h10-11H,6-9H2,1-5H3. The Morgan fingerprint density at radius 3 is 1.80 bits per heavy atom. The molecule has 0 spiro atoms. The van der Waals surface area contributed by atoms with Gasteiger partial charge in [-0.3, -0.25) is 0 Å². The minimum absolute atomic E-state index is 0.269. The lowest BCUT2D eigenvalue weighted by Gasteiger charge is -2.33. The van der Waals surface area contributed by atoms with Gasteiger partial charge in [0.25, 0.3) is 0 Å². The van der Waals surface area contributed by atoms with Gasteiger partial charge in [-0.05, 0) is 46.2 Å². The van der Waals surface area contributed by atoms with E-state index in [2.05, 4.69) is 50.5 Å². The largest absolute Gasteiger partial charge is 0.392 e. The first-order valence-electron chi connectivity index (χ1n) is 5.87. The molecule has 0 aliphatic heterocycles. The van der Waals surface area contributed by atoms with Gasteiger partial charge in [-0.1, -0.05) is 22.9 Å². The van der Waals surface area contributed by atoms with Crippen molar-refractivity contribution in [2.24, 2.45) is 0 Å². The summed E-state index contributed by atoms with van der Waals surface area (Å²) in [5.41, 5.74) is 0. The third-order valence-electron chi connectivity index (χ3n) is 2.13. The molecule has 0 aromatic heterocycles. The van der Waals surface area contributed by atoms with Crippen LogP contribution in [-0.2, 0) is 8.85 Å². The Labute approximate surface area is 104 Å². The molecular weight excluding hydrogens is 272 g/mol. The molecule has 2 nitrogen and oxygen atoms in total. The summed E-state index contributed by atoms with van der Waals surface area (Å²) in [6.07, 6.45) is 1.68. The van der Waals surface area contributed by atoms with E-state index in [0.29, 0.717) is 0 Å². The Morgan fingerprint density at radius 1 is 1.07 bits per heavy atom. The maximum absolute atomic E-state index is 6.10. The fraction of sp³-hybridized carbons (Fsp3) is 1.00. The van der Waals surface area contributed by atoms with Gasteiger partial charge in [-0.2, -0.15) is 0 Å². The van der Waals surface area contributed by atoms with Crippen molar-refractivity contribution in [1.82, 2.24) is 0 Å². The molecule has 0 saturated heterocycles. The molecule has 0 heterocycles. The summed E-state index contributed by atoms with van der Waals surface area (Å²) in [6.45, 7) is 10.6. The van der Waals surface area contributed by atoms with Crippen molar-refractivity contribution in [3.05, 3.63) is 0 Å². The molecule has 0 amide bonds. The number of hydrogen-bond donors (Lipinski definition) is 0. The maximum Gasteiger partial charge on any atom is 0.338 e. The van der Waals surface area contributed by atoms with Crippen LogP contribution < -0.4 is 0 Å². The van der Waals surface area contributed by atoms with Crippen LogP contribution >= 0.6 is 15.9 Å². The minimum Gasteiger partial charge on any atom is -0.392 e. The average Bonchev–Trinajstić information content (AvgIpc) is 2.12. The number of rotatable bonds is 8. The van der Waals surface area contributed by atoms with Crippen LogP contribution in [0.3, 0.4) is 0 Å². The highest BCUT2D eigenvalue weighted by Crippen LogP contribution is 2.24. The Morgan fingerprint density at radius 2 is 1.53 bits per heavy atom. The quantitative estimate of drug-likeness (QED) is 0.496. The Balaban J connectivity index is 4.44. The minimum atomic E-state index is -1.95. The van der Waals surface area contributed by atoms with Crippen molar-refractivity contribution in [1.29, 1.82) is 0 Å². The highest BCUT2D eigenvalue weighted by atomic mass is 79.9. The van der Waals surface area contributed by atoms with Crippen LogP contribution in [0.2, 0.25) is 12.1 Å². The zero-order valence-electron chi connectivity index (χ0n) is 10.7. The van der Waals surface area contributed by atoms with Crippen LogP contribution in [0.5, 0.6) is 0 Å². The van der Waals surface area contributed by atoms with Crippen molar-refractivity contribution < 1.29 is 8.85 Å². The molecule has 0 aliphatic carbocycles. The summed E-state index contributed by atoms with van der Waals surface area (Å²) in [5.74, 6) is 0. The molecule has 0 atom stereocenters. The predicted octanol–water partition coefficient (Wildman–Crippen LogP) is 4.08. The van der Waals surface area contributed by atoms with Crippen molar-refractivity contribution in [2.75, 3.05) is 5.33 Å². The summed E-state index contributed by atoms with van der Waals surface area (Å²) in [7, 11) is -1.95. The van der Waals surface area contributed by atoms with Crippen LogP contribution in [0.1, 0.15) is 41.0 Å². The highest BCUT2D eigenvalue weighted by molar-refractivity contribution is 9.09. The molecule has 0 bridgehead atoms.